The van der Waals surface area contributed by atoms with Crippen LogP contribution in [0.4, 0.5) is 5.69 Å². The van der Waals surface area contributed by atoms with E-state index in [9.17, 15) is 4.79 Å². The van der Waals surface area contributed by atoms with Crippen molar-refractivity contribution >= 4 is 28.7 Å². The lowest BCUT2D eigenvalue weighted by atomic mass is 9.94. The minimum absolute atomic E-state index is 0.0865. The van der Waals surface area contributed by atoms with E-state index in [1.807, 2.05) is 26.0 Å². The number of aromatic amines is 1. The van der Waals surface area contributed by atoms with Crippen LogP contribution in [0.3, 0.4) is 0 Å². The highest BCUT2D eigenvalue weighted by molar-refractivity contribution is 6.12. The monoisotopic (exact) mass is 414 g/mol. The number of hydrogen-bond acceptors (Lipinski definition) is 3. The number of nitrogens with zero attached hydrogens (tertiary/aromatic N) is 1. The van der Waals surface area contributed by atoms with E-state index in [-0.39, 0.29) is 11.8 Å². The van der Waals surface area contributed by atoms with E-state index in [0.29, 0.717) is 18.7 Å². The molecule has 3 aromatic rings. The second-order valence-corrected chi connectivity index (χ2v) is 8.65. The SMILES string of the molecule is Cc1cc(N)cc(C)c1CNC(=O)C1=CC(Cc2ccc3[nH]c(C)c(C)c3c2)CN=C1. The fourth-order valence-electron chi connectivity index (χ4n) is 4.41. The van der Waals surface area contributed by atoms with Crippen LogP contribution in [0.5, 0.6) is 0 Å². The van der Waals surface area contributed by atoms with E-state index < -0.39 is 0 Å². The molecule has 0 bridgehead atoms. The third-order valence-corrected chi connectivity index (χ3v) is 6.26. The molecule has 1 aromatic heterocycles. The maximum atomic E-state index is 12.8. The molecule has 1 atom stereocenters. The van der Waals surface area contributed by atoms with Crippen LogP contribution >= 0.6 is 0 Å². The predicted molar refractivity (Wildman–Crippen MR) is 129 cm³/mol. The third-order valence-electron chi connectivity index (χ3n) is 6.26. The number of hydrogen-bond donors (Lipinski definition) is 3. The zero-order valence-corrected chi connectivity index (χ0v) is 18.7. The molecule has 1 amide bonds. The molecule has 1 unspecified atom stereocenters. The molecule has 160 valence electrons. The Morgan fingerprint density at radius 2 is 1.90 bits per heavy atom. The predicted octanol–water partition coefficient (Wildman–Crippen LogP) is 4.47. The van der Waals surface area contributed by atoms with Crippen molar-refractivity contribution in [1.29, 1.82) is 0 Å². The summed E-state index contributed by atoms with van der Waals surface area (Å²) < 4.78 is 0. The Morgan fingerprint density at radius 1 is 1.16 bits per heavy atom. The number of aromatic nitrogens is 1. The minimum atomic E-state index is -0.0865. The van der Waals surface area contributed by atoms with Gasteiger partial charge in [-0.15, -0.1) is 0 Å². The second kappa shape index (κ2) is 8.42. The molecule has 1 aliphatic heterocycles. The van der Waals surface area contributed by atoms with Crippen LogP contribution < -0.4 is 11.1 Å². The average molecular weight is 415 g/mol. The van der Waals surface area contributed by atoms with Crippen molar-refractivity contribution in [2.45, 2.75) is 40.7 Å². The summed E-state index contributed by atoms with van der Waals surface area (Å²) in [5.74, 6) is 0.125. The fraction of sp³-hybridized carbons (Fsp3) is 0.308. The molecule has 0 saturated carbocycles. The summed E-state index contributed by atoms with van der Waals surface area (Å²) in [5, 5.41) is 4.31. The maximum absolute atomic E-state index is 12.8. The number of amides is 1. The molecule has 0 aliphatic carbocycles. The van der Waals surface area contributed by atoms with Gasteiger partial charge in [0.05, 0.1) is 5.57 Å². The van der Waals surface area contributed by atoms with Gasteiger partial charge in [-0.1, -0.05) is 12.1 Å². The van der Waals surface area contributed by atoms with Crippen molar-refractivity contribution < 1.29 is 4.79 Å². The van der Waals surface area contributed by atoms with Crippen molar-refractivity contribution in [3.63, 3.8) is 0 Å². The number of dihydropyridines is 1. The van der Waals surface area contributed by atoms with Crippen LogP contribution in [0, 0.1) is 33.6 Å². The molecule has 0 spiro atoms. The lowest BCUT2D eigenvalue weighted by Gasteiger charge is -2.17. The number of anilines is 1. The third kappa shape index (κ3) is 4.41. The molecular formula is C26H30N4O. The van der Waals surface area contributed by atoms with Gasteiger partial charge in [-0.3, -0.25) is 9.79 Å². The number of nitrogen functional groups attached to an aromatic ring is 1. The first-order chi connectivity index (χ1) is 14.8. The van der Waals surface area contributed by atoms with Gasteiger partial charge in [0.25, 0.3) is 5.91 Å². The van der Waals surface area contributed by atoms with Crippen molar-refractivity contribution in [1.82, 2.24) is 10.3 Å². The molecule has 0 fully saturated rings. The van der Waals surface area contributed by atoms with Gasteiger partial charge in [0.1, 0.15) is 0 Å². The summed E-state index contributed by atoms with van der Waals surface area (Å²) in [6.45, 7) is 9.48. The zero-order chi connectivity index (χ0) is 22.1. The molecule has 4 rings (SSSR count). The Morgan fingerprint density at radius 3 is 2.65 bits per heavy atom. The van der Waals surface area contributed by atoms with Crippen molar-refractivity contribution in [2.24, 2.45) is 10.9 Å². The Balaban J connectivity index is 1.45. The number of fused-ring (bicyclic) bond motifs is 1. The number of carbonyl (C=O) groups is 1. The molecular weight excluding hydrogens is 384 g/mol. The smallest absolute Gasteiger partial charge is 0.252 e. The molecule has 0 saturated heterocycles. The van der Waals surface area contributed by atoms with E-state index in [2.05, 4.69) is 53.4 Å². The summed E-state index contributed by atoms with van der Waals surface area (Å²) in [7, 11) is 0. The zero-order valence-electron chi connectivity index (χ0n) is 18.7. The minimum Gasteiger partial charge on any atom is -0.399 e. The summed E-state index contributed by atoms with van der Waals surface area (Å²) >= 11 is 0. The molecule has 0 radical (unpaired) electrons. The largest absolute Gasteiger partial charge is 0.399 e. The first-order valence-electron chi connectivity index (χ1n) is 10.7. The van der Waals surface area contributed by atoms with Gasteiger partial charge in [0, 0.05) is 47.5 Å². The highest BCUT2D eigenvalue weighted by Gasteiger charge is 2.17. The fourth-order valence-corrected chi connectivity index (χ4v) is 4.41. The number of aryl methyl sites for hydroxylation is 4. The van der Waals surface area contributed by atoms with Crippen molar-refractivity contribution in [3.05, 3.63) is 75.5 Å². The Labute approximate surface area is 183 Å². The number of benzene rings is 2. The molecule has 31 heavy (non-hydrogen) atoms. The number of nitrogens with one attached hydrogen (secondary N) is 2. The lowest BCUT2D eigenvalue weighted by Crippen LogP contribution is -2.28. The molecule has 1 aliphatic rings. The maximum Gasteiger partial charge on any atom is 0.252 e. The topological polar surface area (TPSA) is 83.3 Å². The molecule has 5 heteroatoms. The standard InChI is InChI=1S/C26H30N4O/c1-15-7-22(27)8-16(2)24(15)14-29-26(31)21-10-20(12-28-13-21)9-19-5-6-25-23(11-19)17(3)18(4)30-25/h5-8,10-11,13,20,30H,9,12,14,27H2,1-4H3,(H,29,31). The number of H-pyrrole nitrogens is 1. The number of carbonyl (C=O) groups excluding carboxylic acids is 1. The normalized spacial score (nSPS) is 15.9. The molecule has 2 heterocycles. The van der Waals surface area contributed by atoms with Gasteiger partial charge in [-0.05, 0) is 86.2 Å². The van der Waals surface area contributed by atoms with Crippen LogP contribution in [0.15, 0.2) is 47.0 Å². The average Bonchev–Trinajstić information content (AvgIpc) is 3.01. The Bertz CT molecular complexity index is 1190. The van der Waals surface area contributed by atoms with Crippen LogP contribution in [-0.4, -0.2) is 23.7 Å². The quantitative estimate of drug-likeness (QED) is 0.538. The van der Waals surface area contributed by atoms with E-state index in [1.54, 1.807) is 6.21 Å². The Hall–Kier alpha value is -3.34. The molecule has 4 N–H and O–H groups in total. The van der Waals surface area contributed by atoms with E-state index >= 15 is 0 Å². The van der Waals surface area contributed by atoms with Crippen molar-refractivity contribution in [2.75, 3.05) is 12.3 Å². The first kappa shape index (κ1) is 20.9. The van der Waals surface area contributed by atoms with Gasteiger partial charge < -0.3 is 16.0 Å². The summed E-state index contributed by atoms with van der Waals surface area (Å²) in [6, 6.07) is 10.4. The lowest BCUT2D eigenvalue weighted by molar-refractivity contribution is -0.117. The summed E-state index contributed by atoms with van der Waals surface area (Å²) in [4.78, 5) is 20.7. The van der Waals surface area contributed by atoms with Crippen molar-refractivity contribution in [3.8, 4) is 0 Å². The number of nitrogens with two attached hydrogens (primary N) is 1. The van der Waals surface area contributed by atoms with E-state index in [1.165, 1.54) is 27.7 Å². The highest BCUT2D eigenvalue weighted by Crippen LogP contribution is 2.25. The van der Waals surface area contributed by atoms with Gasteiger partial charge >= 0.3 is 0 Å². The van der Waals surface area contributed by atoms with Gasteiger partial charge in [0.15, 0.2) is 0 Å². The first-order valence-corrected chi connectivity index (χ1v) is 10.7. The Kier molecular flexibility index (Phi) is 5.68. The molecule has 2 aromatic carbocycles. The summed E-state index contributed by atoms with van der Waals surface area (Å²) in [5.41, 5.74) is 15.5. The van der Waals surface area contributed by atoms with Gasteiger partial charge in [-0.2, -0.15) is 0 Å². The van der Waals surface area contributed by atoms with Crippen LogP contribution in [0.1, 0.15) is 33.5 Å². The van der Waals surface area contributed by atoms with Crippen LogP contribution in [0.2, 0.25) is 0 Å². The number of rotatable bonds is 5. The van der Waals surface area contributed by atoms with Crippen LogP contribution in [-0.2, 0) is 17.8 Å². The summed E-state index contributed by atoms with van der Waals surface area (Å²) in [6.07, 6.45) is 4.62. The highest BCUT2D eigenvalue weighted by atomic mass is 16.1. The molecule has 5 nitrogen and oxygen atoms in total. The van der Waals surface area contributed by atoms with E-state index in [4.69, 9.17) is 5.73 Å². The van der Waals surface area contributed by atoms with Crippen LogP contribution in [0.25, 0.3) is 10.9 Å². The van der Waals surface area contributed by atoms with E-state index in [0.717, 1.165) is 28.8 Å². The number of aliphatic imine (C=N–C) groups is 1. The van der Waals surface area contributed by atoms with Gasteiger partial charge in [-0.25, -0.2) is 0 Å². The van der Waals surface area contributed by atoms with Gasteiger partial charge in [0.2, 0.25) is 0 Å². The second-order valence-electron chi connectivity index (χ2n) is 8.65.